The second kappa shape index (κ2) is 14.3. The maximum atomic E-state index is 15.2. The van der Waals surface area contributed by atoms with Crippen LogP contribution in [-0.4, -0.2) is 84.7 Å². The van der Waals surface area contributed by atoms with Crippen molar-refractivity contribution < 1.29 is 24.5 Å². The van der Waals surface area contributed by atoms with Gasteiger partial charge in [0, 0.05) is 74.8 Å². The Morgan fingerprint density at radius 3 is 2.31 bits per heavy atom. The highest BCUT2D eigenvalue weighted by Gasteiger charge is 2.29. The fourth-order valence-corrected chi connectivity index (χ4v) is 6.82. The number of carbonyl (C=O) groups is 2. The van der Waals surface area contributed by atoms with Gasteiger partial charge >= 0.3 is 0 Å². The number of halogens is 1. The summed E-state index contributed by atoms with van der Waals surface area (Å²) in [6, 6.07) is 19.7. The van der Waals surface area contributed by atoms with E-state index in [1.54, 1.807) is 42.5 Å². The lowest BCUT2D eigenvalue weighted by Gasteiger charge is -2.44. The third-order valence-electron chi connectivity index (χ3n) is 9.51. The number of phenols is 1. The molecule has 6 rings (SSSR count). The molecule has 8 N–H and O–H groups in total. The molecule has 1 atom stereocenters. The Kier molecular flexibility index (Phi) is 9.72. The molecule has 3 aromatic carbocycles. The van der Waals surface area contributed by atoms with E-state index in [1.165, 1.54) is 6.07 Å². The summed E-state index contributed by atoms with van der Waals surface area (Å²) in [6.45, 7) is 5.02. The standard InChI is InChI=1S/C36H41FN8O3/c37-29-21-24(41-31-10-12-34(47)42-36(31)48)7-11-32(29)45-19-17-44(18-20-45)26-13-15-43(16-14-26)25-8-5-23(6-9-25)28(35(39)40)22-30(38)27-3-1-2-4-33(27)46/h1-9,11,21-22,26,31,38,41,46H,10,12-20H2,(H3,39,40)(H,42,47,48)/p+1/b28-22-,38-30?. The summed E-state index contributed by atoms with van der Waals surface area (Å²) < 4.78 is 15.2. The molecule has 3 fully saturated rings. The van der Waals surface area contributed by atoms with Crippen LogP contribution in [0.1, 0.15) is 36.8 Å². The van der Waals surface area contributed by atoms with Crippen molar-refractivity contribution in [2.75, 3.05) is 54.4 Å². The van der Waals surface area contributed by atoms with Crippen molar-refractivity contribution in [1.82, 2.24) is 10.2 Å². The predicted molar refractivity (Wildman–Crippen MR) is 186 cm³/mol. The number of phenolic OH excluding ortho intramolecular Hbond substituents is 1. The normalized spacial score (nSPS) is 19.6. The van der Waals surface area contributed by atoms with Crippen LogP contribution in [0.3, 0.4) is 0 Å². The Labute approximate surface area is 279 Å². The number of piperazine rings is 1. The topological polar surface area (TPSA) is 164 Å². The number of para-hydroxylation sites is 1. The van der Waals surface area contributed by atoms with E-state index in [2.05, 4.69) is 25.3 Å². The van der Waals surface area contributed by atoms with Crippen LogP contribution < -0.4 is 31.6 Å². The Bertz CT molecular complexity index is 1730. The van der Waals surface area contributed by atoms with Crippen LogP contribution >= 0.6 is 0 Å². The maximum absolute atomic E-state index is 15.2. The van der Waals surface area contributed by atoms with Gasteiger partial charge in [-0.3, -0.25) is 30.6 Å². The van der Waals surface area contributed by atoms with Crippen LogP contribution in [0, 0.1) is 11.2 Å². The fourth-order valence-electron chi connectivity index (χ4n) is 6.82. The van der Waals surface area contributed by atoms with Crippen LogP contribution in [-0.2, 0) is 9.59 Å². The summed E-state index contributed by atoms with van der Waals surface area (Å²) in [5, 5.41) is 29.9. The molecule has 3 aromatic rings. The minimum Gasteiger partial charge on any atom is -0.507 e. The van der Waals surface area contributed by atoms with E-state index in [1.807, 2.05) is 24.3 Å². The zero-order valence-corrected chi connectivity index (χ0v) is 26.8. The second-order valence-electron chi connectivity index (χ2n) is 12.5. The SMILES string of the molecule is N=C(N)/C(=C\C(=[NH2+])c1ccccc1O)c1ccc(N2CCC(N3CCN(c4ccc(NC5CCC(=O)NC5=O)cc4F)CC3)CC2)cc1. The van der Waals surface area contributed by atoms with E-state index in [9.17, 15) is 14.7 Å². The quantitative estimate of drug-likeness (QED) is 0.116. The average Bonchev–Trinajstić information content (AvgIpc) is 3.09. The molecule has 12 heteroatoms. The molecular weight excluding hydrogens is 611 g/mol. The van der Waals surface area contributed by atoms with E-state index in [0.717, 1.165) is 63.4 Å². The zero-order chi connectivity index (χ0) is 33.8. The molecule has 0 saturated carbocycles. The zero-order valence-electron chi connectivity index (χ0n) is 26.8. The molecule has 1 unspecified atom stereocenters. The lowest BCUT2D eigenvalue weighted by Crippen LogP contribution is -2.53. The largest absolute Gasteiger partial charge is 0.507 e. The minimum atomic E-state index is -0.551. The number of rotatable bonds is 9. The van der Waals surface area contributed by atoms with Gasteiger partial charge in [-0.15, -0.1) is 0 Å². The first kappa shape index (κ1) is 32.7. The molecule has 3 aliphatic rings. The summed E-state index contributed by atoms with van der Waals surface area (Å²) in [6.07, 6.45) is 4.34. The molecule has 2 amide bonds. The van der Waals surface area contributed by atoms with Gasteiger partial charge < -0.3 is 26.0 Å². The van der Waals surface area contributed by atoms with Crippen LogP contribution in [0.2, 0.25) is 0 Å². The van der Waals surface area contributed by atoms with Crippen molar-refractivity contribution in [2.45, 2.75) is 37.8 Å². The average molecular weight is 654 g/mol. The monoisotopic (exact) mass is 653 g/mol. The van der Waals surface area contributed by atoms with Crippen molar-refractivity contribution in [1.29, 1.82) is 5.41 Å². The number of benzene rings is 3. The molecule has 3 aliphatic heterocycles. The highest BCUT2D eigenvalue weighted by Crippen LogP contribution is 2.29. The summed E-state index contributed by atoms with van der Waals surface area (Å²) in [5.74, 6) is -1.03. The van der Waals surface area contributed by atoms with Crippen LogP contribution in [0.15, 0.2) is 72.8 Å². The van der Waals surface area contributed by atoms with Gasteiger partial charge in [-0.1, -0.05) is 24.3 Å². The van der Waals surface area contributed by atoms with Gasteiger partial charge in [0.1, 0.15) is 23.4 Å². The molecule has 0 radical (unpaired) electrons. The molecule has 0 aliphatic carbocycles. The summed E-state index contributed by atoms with van der Waals surface area (Å²) >= 11 is 0. The predicted octanol–water partition coefficient (Wildman–Crippen LogP) is 2.11. The van der Waals surface area contributed by atoms with Gasteiger partial charge in [-0.2, -0.15) is 0 Å². The van der Waals surface area contributed by atoms with Crippen molar-refractivity contribution in [3.8, 4) is 5.75 Å². The summed E-state index contributed by atoms with van der Waals surface area (Å²) in [7, 11) is 0. The first-order valence-corrected chi connectivity index (χ1v) is 16.4. The third-order valence-corrected chi connectivity index (χ3v) is 9.51. The number of amides is 2. The number of carbonyl (C=O) groups excluding carboxylic acids is 2. The number of hydrogen-bond donors (Lipinski definition) is 6. The van der Waals surface area contributed by atoms with Crippen LogP contribution in [0.5, 0.6) is 5.75 Å². The Morgan fingerprint density at radius 2 is 1.67 bits per heavy atom. The molecule has 11 nitrogen and oxygen atoms in total. The Hall–Kier alpha value is -5.23. The molecular formula is C36H42FN8O3+. The number of nitrogens with one attached hydrogen (secondary N) is 3. The van der Waals surface area contributed by atoms with Gasteiger partial charge in [0.2, 0.25) is 17.5 Å². The van der Waals surface area contributed by atoms with Gasteiger partial charge in [-0.05, 0) is 67.3 Å². The van der Waals surface area contributed by atoms with Crippen LogP contribution in [0.4, 0.5) is 21.5 Å². The molecule has 0 spiro atoms. The van der Waals surface area contributed by atoms with E-state index >= 15 is 4.39 Å². The second-order valence-corrected chi connectivity index (χ2v) is 12.5. The van der Waals surface area contributed by atoms with Gasteiger partial charge in [0.05, 0.1) is 11.3 Å². The Morgan fingerprint density at radius 1 is 0.958 bits per heavy atom. The number of nitrogens with zero attached hydrogens (tertiary/aromatic N) is 3. The number of aromatic hydroxyl groups is 1. The van der Waals surface area contributed by atoms with E-state index in [-0.39, 0.29) is 35.6 Å². The number of anilines is 3. The Balaban J connectivity index is 0.998. The molecule has 250 valence electrons. The van der Waals surface area contributed by atoms with E-state index in [4.69, 9.17) is 16.6 Å². The smallest absolute Gasteiger partial charge is 0.249 e. The minimum absolute atomic E-state index is 0.0663. The van der Waals surface area contributed by atoms with Crippen molar-refractivity contribution >= 4 is 46.0 Å². The van der Waals surface area contributed by atoms with E-state index < -0.39 is 6.04 Å². The highest BCUT2D eigenvalue weighted by molar-refractivity contribution is 6.26. The third kappa shape index (κ3) is 7.33. The van der Waals surface area contributed by atoms with Gasteiger partial charge in [0.15, 0.2) is 0 Å². The number of amidine groups is 1. The number of allylic oxidation sites excluding steroid dienone is 1. The number of nitrogens with two attached hydrogens (primary N) is 2. The van der Waals surface area contributed by atoms with Crippen molar-refractivity contribution in [3.05, 3.63) is 89.8 Å². The first-order valence-electron chi connectivity index (χ1n) is 16.4. The molecule has 48 heavy (non-hydrogen) atoms. The van der Waals surface area contributed by atoms with Gasteiger partial charge in [-0.25, -0.2) is 4.39 Å². The van der Waals surface area contributed by atoms with Gasteiger partial charge in [0.25, 0.3) is 0 Å². The first-order chi connectivity index (χ1) is 23.2. The van der Waals surface area contributed by atoms with Crippen LogP contribution in [0.25, 0.3) is 5.57 Å². The van der Waals surface area contributed by atoms with Crippen molar-refractivity contribution in [3.63, 3.8) is 0 Å². The highest BCUT2D eigenvalue weighted by atomic mass is 19.1. The number of hydrogen-bond acceptors (Lipinski definition) is 8. The number of imide groups is 1. The number of piperidine rings is 2. The molecule has 3 heterocycles. The summed E-state index contributed by atoms with van der Waals surface area (Å²) in [5.41, 5.74) is 10.2. The fraction of sp³-hybridized carbons (Fsp3) is 0.333. The lowest BCUT2D eigenvalue weighted by atomic mass is 9.98. The van der Waals surface area contributed by atoms with E-state index in [0.29, 0.717) is 40.7 Å². The molecule has 3 saturated heterocycles. The maximum Gasteiger partial charge on any atom is 0.249 e. The molecule has 0 aromatic heterocycles. The summed E-state index contributed by atoms with van der Waals surface area (Å²) in [4.78, 5) is 30.4. The van der Waals surface area contributed by atoms with Crippen molar-refractivity contribution in [2.24, 2.45) is 5.73 Å². The molecule has 0 bridgehead atoms. The lowest BCUT2D eigenvalue weighted by molar-refractivity contribution is -0.133.